The normalized spacial score (nSPS) is 31.1. The molecule has 0 radical (unpaired) electrons. The molecule has 2 bridgehead atoms. The van der Waals surface area contributed by atoms with Crippen LogP contribution in [0.1, 0.15) is 169 Å². The second-order valence-corrected chi connectivity index (χ2v) is 32.7. The molecule has 5 aromatic carbocycles. The average molecular weight is 1520 g/mol. The summed E-state index contributed by atoms with van der Waals surface area (Å²) in [4.78, 5) is 116. The van der Waals surface area contributed by atoms with E-state index in [0.717, 1.165) is 69.1 Å². The first-order valence-corrected chi connectivity index (χ1v) is 38.7. The first kappa shape index (κ1) is 79.3. The van der Waals surface area contributed by atoms with Gasteiger partial charge in [0.05, 0.1) is 41.8 Å². The van der Waals surface area contributed by atoms with E-state index in [-0.39, 0.29) is 52.3 Å². The van der Waals surface area contributed by atoms with Crippen LogP contribution in [0.25, 0.3) is 0 Å². The first-order valence-electron chi connectivity index (χ1n) is 38.7. The number of hydrogen-bond donors (Lipinski definition) is 7. The summed E-state index contributed by atoms with van der Waals surface area (Å²) in [5.74, 6) is -5.63. The number of Topliss-reactive ketones (excluding diaryl/α,β-unsaturated/α-hetero) is 1. The predicted molar refractivity (Wildman–Crippen MR) is 411 cm³/mol. The second kappa shape index (κ2) is 32.1. The molecule has 0 aromatic heterocycles. The van der Waals surface area contributed by atoms with Gasteiger partial charge in [0.15, 0.2) is 23.6 Å². The van der Waals surface area contributed by atoms with E-state index < -0.39 is 144 Å². The van der Waals surface area contributed by atoms with Crippen LogP contribution in [0.15, 0.2) is 198 Å². The minimum atomic E-state index is -2.54. The molecule has 7 N–H and O–H groups in total. The summed E-state index contributed by atoms with van der Waals surface area (Å²) in [5, 5.41) is 56.5. The van der Waals surface area contributed by atoms with E-state index in [4.69, 9.17) is 33.2 Å². The molecule has 1 saturated heterocycles. The number of benzene rings is 5. The Morgan fingerprint density at radius 1 is 0.712 bits per heavy atom. The van der Waals surface area contributed by atoms with Gasteiger partial charge in [0.2, 0.25) is 0 Å². The van der Waals surface area contributed by atoms with Crippen molar-refractivity contribution in [2.45, 2.75) is 205 Å². The molecule has 5 aromatic rings. The lowest BCUT2D eigenvalue weighted by Gasteiger charge is -2.67. The van der Waals surface area contributed by atoms with Crippen molar-refractivity contribution in [1.82, 2.24) is 5.32 Å². The zero-order valence-electron chi connectivity index (χ0n) is 64.1. The van der Waals surface area contributed by atoms with E-state index >= 15 is 4.79 Å². The van der Waals surface area contributed by atoms with E-state index in [2.05, 4.69) is 54.6 Å². The molecular formula is C89H101N3O19. The molecule has 22 heteroatoms. The molecule has 6 saturated carbocycles. The number of allylic oxidation sites excluding steroid dienone is 4. The predicted octanol–water partition coefficient (Wildman–Crippen LogP) is 13.2. The largest absolute Gasteiger partial charge is 0.456 e. The van der Waals surface area contributed by atoms with Crippen molar-refractivity contribution in [2.24, 2.45) is 45.8 Å². The maximum Gasteiger partial charge on any atom is 0.411 e. The van der Waals surface area contributed by atoms with Gasteiger partial charge in [-0.1, -0.05) is 155 Å². The first-order chi connectivity index (χ1) is 52.9. The highest BCUT2D eigenvalue weighted by Crippen LogP contribution is 2.66. The number of nitrogens with one attached hydrogen (secondary N) is 3. The number of rotatable bonds is 21. The lowest BCUT2D eigenvalue weighted by molar-refractivity contribution is -0.345. The molecule has 22 nitrogen and oxygen atoms in total. The van der Waals surface area contributed by atoms with Crippen molar-refractivity contribution in [3.8, 4) is 0 Å². The second-order valence-electron chi connectivity index (χ2n) is 32.7. The van der Waals surface area contributed by atoms with E-state index in [0.29, 0.717) is 53.3 Å². The zero-order valence-corrected chi connectivity index (χ0v) is 64.1. The van der Waals surface area contributed by atoms with Crippen LogP contribution in [-0.4, -0.2) is 141 Å². The van der Waals surface area contributed by atoms with Crippen LogP contribution in [0.4, 0.5) is 21.0 Å². The molecule has 111 heavy (non-hydrogen) atoms. The third kappa shape index (κ3) is 15.9. The molecule has 586 valence electrons. The lowest BCUT2D eigenvalue weighted by Crippen LogP contribution is -2.82. The summed E-state index contributed by atoms with van der Waals surface area (Å²) in [6.45, 7) is 16.8. The van der Waals surface area contributed by atoms with Gasteiger partial charge < -0.3 is 58.9 Å². The van der Waals surface area contributed by atoms with Crippen LogP contribution < -0.4 is 16.0 Å². The Labute approximate surface area is 647 Å². The fraction of sp³-hybridized carbons (Fsp3) is 0.461. The summed E-state index contributed by atoms with van der Waals surface area (Å²) in [7, 11) is 0. The molecule has 7 fully saturated rings. The van der Waals surface area contributed by atoms with Gasteiger partial charge in [-0.3, -0.25) is 29.8 Å². The van der Waals surface area contributed by atoms with Crippen LogP contribution in [0, 0.1) is 45.8 Å². The minimum absolute atomic E-state index is 0.00842. The average Bonchev–Trinajstić information content (AvgIpc) is 1.63. The molecule has 0 spiro atoms. The number of carbonyl (C=O) groups excluding carboxylic acids is 8. The lowest BCUT2D eigenvalue weighted by atomic mass is 9.44. The standard InChI is InChI=1S/C89H101N3O19/c1-50(27-42-68(95)58-33-34-58)66-40-41-67-57(26-19-43-86(66,67)8)32-35-62-45-65(46-69(96)51(62)2)107-83(102)90-63-36-28-55(29-37-63)44-56-30-38-64(39-31-56)91-84(103)109-71-47-72-88(49-105-72,111-54(5)94)77-79(110-81(100)61-24-17-12-18-25-61)89(104)48-70(52(3)73(85(89,6)7)76(106-53(4)93)78(98)87(71,77)9)108-82(101)75(97)74(59-20-13-10-14-21-59)92-80(99)60-22-15-11-16-23-60/h10-18,20-25,27-32,35-39,42,50,58,65-72,74-77,79,95-97,104H,2,19,26,33-34,40-41,43-49H2,1,3-9H3,(H,90,102)(H,91,103)(H,92,99)/b42-27+,57-32+,62-35-/t50-,65+,66?,67?,68?,69-,70?,71?,72?,74?,75?,76?,77?,79?,86+,87?,88?,89?/m0/s1. The van der Waals surface area contributed by atoms with Gasteiger partial charge in [-0.2, -0.15) is 0 Å². The van der Waals surface area contributed by atoms with E-state index in [1.165, 1.54) is 38.0 Å². The fourth-order valence-electron chi connectivity index (χ4n) is 19.3. The zero-order chi connectivity index (χ0) is 79.1. The summed E-state index contributed by atoms with van der Waals surface area (Å²) in [5.41, 5.74) is -2.39. The van der Waals surface area contributed by atoms with Gasteiger partial charge in [0, 0.05) is 61.9 Å². The molecule has 1 heterocycles. The monoisotopic (exact) mass is 1520 g/mol. The molecule has 7 aliphatic carbocycles. The highest BCUT2D eigenvalue weighted by Gasteiger charge is 2.79. The number of ether oxygens (including phenoxy) is 7. The van der Waals surface area contributed by atoms with Crippen LogP contribution in [0.5, 0.6) is 0 Å². The Hall–Kier alpha value is -9.84. The van der Waals surface area contributed by atoms with Gasteiger partial charge in [0.1, 0.15) is 36.1 Å². The van der Waals surface area contributed by atoms with Crippen molar-refractivity contribution < 1.29 is 91.9 Å². The number of aliphatic hydroxyl groups excluding tert-OH is 3. The Morgan fingerprint density at radius 2 is 1.32 bits per heavy atom. The summed E-state index contributed by atoms with van der Waals surface area (Å²) in [6, 6.07) is 36.9. The molecule has 3 amide bonds. The van der Waals surface area contributed by atoms with Crippen molar-refractivity contribution >= 4 is 59.1 Å². The Balaban J connectivity index is 0.712. The van der Waals surface area contributed by atoms with E-state index in [1.807, 2.05) is 18.2 Å². The van der Waals surface area contributed by atoms with E-state index in [1.54, 1.807) is 129 Å². The quantitative estimate of drug-likeness (QED) is 0.0204. The number of carbonyl (C=O) groups is 8. The Kier molecular flexibility index (Phi) is 22.9. The molecule has 14 unspecified atom stereocenters. The van der Waals surface area contributed by atoms with Crippen molar-refractivity contribution in [2.75, 3.05) is 17.2 Å². The topological polar surface area (TPSA) is 318 Å². The van der Waals surface area contributed by atoms with Crippen LogP contribution >= 0.6 is 0 Å². The summed E-state index contributed by atoms with van der Waals surface area (Å²) in [6.07, 6.45) is 2.45. The Morgan fingerprint density at radius 3 is 1.92 bits per heavy atom. The van der Waals surface area contributed by atoms with Crippen LogP contribution in [0.3, 0.4) is 0 Å². The number of ketones is 1. The molecule has 13 rings (SSSR count). The number of anilines is 2. The number of hydrogen-bond acceptors (Lipinski definition) is 19. The van der Waals surface area contributed by atoms with Gasteiger partial charge in [-0.15, -0.1) is 0 Å². The van der Waals surface area contributed by atoms with Crippen molar-refractivity contribution in [3.63, 3.8) is 0 Å². The number of esters is 4. The van der Waals surface area contributed by atoms with E-state index in [9.17, 15) is 54.0 Å². The third-order valence-corrected chi connectivity index (χ3v) is 25.4. The summed E-state index contributed by atoms with van der Waals surface area (Å²) < 4.78 is 43.9. The maximum absolute atomic E-state index is 16.6. The smallest absolute Gasteiger partial charge is 0.411 e. The molecule has 8 aliphatic rings. The van der Waals surface area contributed by atoms with Crippen LogP contribution in [0.2, 0.25) is 0 Å². The van der Waals surface area contributed by atoms with Gasteiger partial charge in [0.25, 0.3) is 5.91 Å². The van der Waals surface area contributed by atoms with Crippen LogP contribution in [-0.2, 0) is 58.8 Å². The molecular weight excluding hydrogens is 1410 g/mol. The third-order valence-electron chi connectivity index (χ3n) is 25.4. The number of fused-ring (bicyclic) bond motifs is 6. The maximum atomic E-state index is 16.6. The highest BCUT2D eigenvalue weighted by molar-refractivity contribution is 5.97. The fourth-order valence-corrected chi connectivity index (χ4v) is 19.3. The molecule has 18 atom stereocenters. The van der Waals surface area contributed by atoms with Gasteiger partial charge in [-0.05, 0) is 182 Å². The molecule has 1 aliphatic heterocycles. The highest BCUT2D eigenvalue weighted by atomic mass is 16.6. The number of aliphatic hydroxyl groups is 4. The SMILES string of the molecule is C=C1/C(=C\C=C2/CCC[C@@]3(C)C2CCC3[C@@H](C)/C=C/C(O)C2CC2)C[C@@H](OC(=O)Nc2ccc(Cc3ccc(NC(=O)OC4CC5OCC5(OC(C)=O)C5C(OC(=O)c6ccccc6)C6(O)CC(OC(=O)C(O)C(NC(=O)c7ccccc7)c7ccccc7)C(C)=C(C(OC(C)=O)C(=O)C45C)C6(C)C)cc3)cc2)C[C@@H]1O. The summed E-state index contributed by atoms with van der Waals surface area (Å²) >= 11 is 0. The van der Waals surface area contributed by atoms with Crippen molar-refractivity contribution in [1.29, 1.82) is 0 Å². The number of amides is 3. The minimum Gasteiger partial charge on any atom is -0.456 e. The Bertz CT molecular complexity index is 4500. The van der Waals surface area contributed by atoms with Gasteiger partial charge in [-0.25, -0.2) is 19.2 Å². The van der Waals surface area contributed by atoms with Crippen molar-refractivity contribution in [3.05, 3.63) is 226 Å². The van der Waals surface area contributed by atoms with Gasteiger partial charge >= 0.3 is 36.1 Å².